The first-order chi connectivity index (χ1) is 19.4. The van der Waals surface area contributed by atoms with Crippen molar-refractivity contribution >= 4 is 65.6 Å². The lowest BCUT2D eigenvalue weighted by molar-refractivity contribution is 0.669. The van der Waals surface area contributed by atoms with Crippen LogP contribution in [0.25, 0.3) is 76.9 Å². The van der Waals surface area contributed by atoms with Gasteiger partial charge in [0.15, 0.2) is 0 Å². The third-order valence-corrected chi connectivity index (χ3v) is 8.10. The summed E-state index contributed by atoms with van der Waals surface area (Å²) in [6, 6.07) is 47.4. The number of furan rings is 1. The summed E-state index contributed by atoms with van der Waals surface area (Å²) < 4.78 is 11.2. The maximum atomic E-state index is 6.35. The van der Waals surface area contributed by atoms with Gasteiger partial charge in [-0.2, -0.15) is 0 Å². The smallest absolute Gasteiger partial charge is 0.137 e. The molecule has 3 nitrogen and oxygen atoms in total. The quantitative estimate of drug-likeness (QED) is 0.233. The molecule has 0 atom stereocenters. The standard InChI is InChI=1S/C36H22N2O/c1-3-11-23(12-4-1)37-28-17-9-7-15-25(28)33-29(37)20-21-30-34(33)27-19-22-32-35(26-16-8-10-18-31(26)39-32)36(27)38(30)24-13-5-2-6-14-24/h1-22H. The van der Waals surface area contributed by atoms with Crippen molar-refractivity contribution in [3.05, 3.63) is 133 Å². The molecular formula is C36H22N2O. The average Bonchev–Trinajstić information content (AvgIpc) is 3.65. The van der Waals surface area contributed by atoms with E-state index in [4.69, 9.17) is 4.42 Å². The Labute approximate surface area is 223 Å². The molecule has 3 heteroatoms. The third-order valence-electron chi connectivity index (χ3n) is 8.10. The van der Waals surface area contributed by atoms with Crippen molar-refractivity contribution in [1.82, 2.24) is 9.13 Å². The van der Waals surface area contributed by atoms with Crippen LogP contribution in [0.2, 0.25) is 0 Å². The molecule has 0 unspecified atom stereocenters. The molecule has 3 aromatic heterocycles. The second kappa shape index (κ2) is 7.62. The van der Waals surface area contributed by atoms with E-state index in [1.165, 1.54) is 43.6 Å². The van der Waals surface area contributed by atoms with Gasteiger partial charge >= 0.3 is 0 Å². The first-order valence-corrected chi connectivity index (χ1v) is 13.3. The van der Waals surface area contributed by atoms with Gasteiger partial charge in [-0.1, -0.05) is 72.8 Å². The minimum absolute atomic E-state index is 0.909. The van der Waals surface area contributed by atoms with Crippen molar-refractivity contribution in [3.8, 4) is 11.4 Å². The number of benzene rings is 6. The Balaban J connectivity index is 1.58. The second-order valence-corrected chi connectivity index (χ2v) is 10.1. The molecule has 0 aliphatic carbocycles. The predicted molar refractivity (Wildman–Crippen MR) is 162 cm³/mol. The Morgan fingerprint density at radius 3 is 1.72 bits per heavy atom. The monoisotopic (exact) mass is 498 g/mol. The third kappa shape index (κ3) is 2.71. The Morgan fingerprint density at radius 1 is 0.359 bits per heavy atom. The molecule has 3 heterocycles. The van der Waals surface area contributed by atoms with E-state index >= 15 is 0 Å². The van der Waals surface area contributed by atoms with Gasteiger partial charge in [-0.15, -0.1) is 0 Å². The Bertz CT molecular complexity index is 2370. The maximum Gasteiger partial charge on any atom is 0.137 e. The maximum absolute atomic E-state index is 6.35. The van der Waals surface area contributed by atoms with Crippen molar-refractivity contribution in [1.29, 1.82) is 0 Å². The predicted octanol–water partition coefficient (Wildman–Crippen LogP) is 9.78. The van der Waals surface area contributed by atoms with Crippen molar-refractivity contribution in [2.45, 2.75) is 0 Å². The Morgan fingerprint density at radius 2 is 0.949 bits per heavy atom. The van der Waals surface area contributed by atoms with E-state index < -0.39 is 0 Å². The van der Waals surface area contributed by atoms with Gasteiger partial charge in [-0.3, -0.25) is 0 Å². The van der Waals surface area contributed by atoms with E-state index in [2.05, 4.69) is 137 Å². The molecule has 0 aliphatic rings. The molecule has 0 saturated heterocycles. The van der Waals surface area contributed by atoms with Crippen LogP contribution >= 0.6 is 0 Å². The number of nitrogens with zero attached hydrogens (tertiary/aromatic N) is 2. The largest absolute Gasteiger partial charge is 0.456 e. The summed E-state index contributed by atoms with van der Waals surface area (Å²) >= 11 is 0. The van der Waals surface area contributed by atoms with Crippen LogP contribution in [0.4, 0.5) is 0 Å². The van der Waals surface area contributed by atoms with Crippen LogP contribution in [0.3, 0.4) is 0 Å². The minimum Gasteiger partial charge on any atom is -0.456 e. The number of aromatic nitrogens is 2. The second-order valence-electron chi connectivity index (χ2n) is 10.1. The highest BCUT2D eigenvalue weighted by atomic mass is 16.3. The molecular weight excluding hydrogens is 476 g/mol. The number of para-hydroxylation sites is 4. The molecule has 9 rings (SSSR count). The first-order valence-electron chi connectivity index (χ1n) is 13.3. The number of fused-ring (bicyclic) bond motifs is 11. The first kappa shape index (κ1) is 20.7. The zero-order chi connectivity index (χ0) is 25.5. The molecule has 0 amide bonds. The van der Waals surface area contributed by atoms with Gasteiger partial charge in [-0.25, -0.2) is 0 Å². The molecule has 0 radical (unpaired) electrons. The summed E-state index contributed by atoms with van der Waals surface area (Å²) in [7, 11) is 0. The van der Waals surface area contributed by atoms with Gasteiger partial charge < -0.3 is 13.6 Å². The highest BCUT2D eigenvalue weighted by Crippen LogP contribution is 2.45. The topological polar surface area (TPSA) is 23.0 Å². The van der Waals surface area contributed by atoms with Crippen LogP contribution in [0, 0.1) is 0 Å². The fraction of sp³-hybridized carbons (Fsp3) is 0. The van der Waals surface area contributed by atoms with E-state index in [1.807, 2.05) is 6.07 Å². The fourth-order valence-corrected chi connectivity index (χ4v) is 6.56. The molecule has 9 aromatic rings. The van der Waals surface area contributed by atoms with Crippen LogP contribution in [0.15, 0.2) is 138 Å². The summed E-state index contributed by atoms with van der Waals surface area (Å²) in [5.74, 6) is 0. The van der Waals surface area contributed by atoms with Crippen molar-refractivity contribution in [3.63, 3.8) is 0 Å². The van der Waals surface area contributed by atoms with E-state index in [1.54, 1.807) is 0 Å². The molecule has 0 bridgehead atoms. The van der Waals surface area contributed by atoms with Crippen LogP contribution in [-0.4, -0.2) is 9.13 Å². The van der Waals surface area contributed by atoms with Gasteiger partial charge in [-0.05, 0) is 60.7 Å². The van der Waals surface area contributed by atoms with Crippen LogP contribution in [0.1, 0.15) is 0 Å². The highest BCUT2D eigenvalue weighted by Gasteiger charge is 2.23. The minimum atomic E-state index is 0.909. The van der Waals surface area contributed by atoms with Gasteiger partial charge in [0.1, 0.15) is 11.2 Å². The van der Waals surface area contributed by atoms with Crippen molar-refractivity contribution in [2.24, 2.45) is 0 Å². The summed E-state index contributed by atoms with van der Waals surface area (Å²) in [6.45, 7) is 0. The number of hydrogen-bond acceptors (Lipinski definition) is 1. The van der Waals surface area contributed by atoms with Crippen LogP contribution in [-0.2, 0) is 0 Å². The van der Waals surface area contributed by atoms with Crippen LogP contribution in [0.5, 0.6) is 0 Å². The lowest BCUT2D eigenvalue weighted by atomic mass is 10.0. The molecule has 0 fully saturated rings. The zero-order valence-electron chi connectivity index (χ0n) is 21.0. The fourth-order valence-electron chi connectivity index (χ4n) is 6.56. The van der Waals surface area contributed by atoms with Gasteiger partial charge in [0, 0.05) is 38.3 Å². The van der Waals surface area contributed by atoms with Gasteiger partial charge in [0.2, 0.25) is 0 Å². The molecule has 0 spiro atoms. The van der Waals surface area contributed by atoms with E-state index in [0.29, 0.717) is 0 Å². The Hall–Kier alpha value is -5.28. The molecule has 0 aliphatic heterocycles. The molecule has 0 saturated carbocycles. The van der Waals surface area contributed by atoms with Gasteiger partial charge in [0.05, 0.1) is 27.5 Å². The van der Waals surface area contributed by atoms with Crippen molar-refractivity contribution in [2.75, 3.05) is 0 Å². The summed E-state index contributed by atoms with van der Waals surface area (Å²) in [5.41, 5.74) is 8.92. The van der Waals surface area contributed by atoms with Gasteiger partial charge in [0.25, 0.3) is 0 Å². The van der Waals surface area contributed by atoms with E-state index in [0.717, 1.165) is 33.3 Å². The zero-order valence-corrected chi connectivity index (χ0v) is 21.0. The molecule has 39 heavy (non-hydrogen) atoms. The highest BCUT2D eigenvalue weighted by molar-refractivity contribution is 6.33. The molecule has 0 N–H and O–H groups in total. The lowest BCUT2D eigenvalue weighted by Crippen LogP contribution is -1.94. The average molecular weight is 499 g/mol. The van der Waals surface area contributed by atoms with E-state index in [-0.39, 0.29) is 0 Å². The number of rotatable bonds is 2. The lowest BCUT2D eigenvalue weighted by Gasteiger charge is -2.09. The summed E-state index contributed by atoms with van der Waals surface area (Å²) in [4.78, 5) is 0. The van der Waals surface area contributed by atoms with E-state index in [9.17, 15) is 0 Å². The Kier molecular flexibility index (Phi) is 4.05. The summed E-state index contributed by atoms with van der Waals surface area (Å²) in [5, 5.41) is 7.33. The van der Waals surface area contributed by atoms with Crippen LogP contribution < -0.4 is 0 Å². The molecule has 6 aromatic carbocycles. The SMILES string of the molecule is c1ccc(-n2c3ccccc3c3c4c5ccc6oc7ccccc7c6c5n(-c5ccccc5)c4ccc32)cc1. The molecule has 182 valence electrons. The number of hydrogen-bond donors (Lipinski definition) is 0. The normalized spacial score (nSPS) is 12.1. The summed E-state index contributed by atoms with van der Waals surface area (Å²) in [6.07, 6.45) is 0. The van der Waals surface area contributed by atoms with Crippen molar-refractivity contribution < 1.29 is 4.42 Å².